The summed E-state index contributed by atoms with van der Waals surface area (Å²) in [5.41, 5.74) is 5.00. The predicted molar refractivity (Wildman–Crippen MR) is 84.3 cm³/mol. The standard InChI is InChI=1S/C17H21N3/c1-20(2)16-11-4-3-9-14(16)19-15-10-5-7-13-8-6-12-18-17(13)15/h3-4,6,8-9,11-12,15,19H,5,7,10H2,1-2H3. The van der Waals surface area contributed by atoms with Crippen molar-refractivity contribution in [2.75, 3.05) is 24.3 Å². The molecule has 1 heterocycles. The molecule has 0 saturated carbocycles. The zero-order chi connectivity index (χ0) is 13.9. The molecule has 1 N–H and O–H groups in total. The van der Waals surface area contributed by atoms with Crippen molar-refractivity contribution in [2.45, 2.75) is 25.3 Å². The Kier molecular flexibility index (Phi) is 3.59. The van der Waals surface area contributed by atoms with E-state index < -0.39 is 0 Å². The van der Waals surface area contributed by atoms with Crippen molar-refractivity contribution in [3.63, 3.8) is 0 Å². The number of rotatable bonds is 3. The lowest BCUT2D eigenvalue weighted by Gasteiger charge is -2.28. The topological polar surface area (TPSA) is 28.2 Å². The first kappa shape index (κ1) is 13.0. The zero-order valence-corrected chi connectivity index (χ0v) is 12.1. The van der Waals surface area contributed by atoms with Gasteiger partial charge in [0.25, 0.3) is 0 Å². The van der Waals surface area contributed by atoms with E-state index in [1.165, 1.54) is 29.1 Å². The van der Waals surface area contributed by atoms with Gasteiger partial charge in [0, 0.05) is 20.3 Å². The van der Waals surface area contributed by atoms with Gasteiger partial charge in [0.05, 0.1) is 23.1 Å². The maximum atomic E-state index is 4.60. The molecule has 0 amide bonds. The number of pyridine rings is 1. The number of benzene rings is 1. The van der Waals surface area contributed by atoms with Crippen molar-refractivity contribution in [3.05, 3.63) is 53.9 Å². The monoisotopic (exact) mass is 267 g/mol. The Balaban J connectivity index is 1.90. The van der Waals surface area contributed by atoms with Crippen LogP contribution >= 0.6 is 0 Å². The first-order chi connectivity index (χ1) is 9.75. The SMILES string of the molecule is CN(C)c1ccccc1NC1CCCc2cccnc21. The van der Waals surface area contributed by atoms with Crippen molar-refractivity contribution < 1.29 is 0 Å². The predicted octanol–water partition coefficient (Wildman–Crippen LogP) is 3.64. The third kappa shape index (κ3) is 2.48. The number of nitrogens with zero attached hydrogens (tertiary/aromatic N) is 2. The molecule has 104 valence electrons. The summed E-state index contributed by atoms with van der Waals surface area (Å²) < 4.78 is 0. The van der Waals surface area contributed by atoms with E-state index in [9.17, 15) is 0 Å². The Morgan fingerprint density at radius 2 is 2.00 bits per heavy atom. The fourth-order valence-corrected chi connectivity index (χ4v) is 2.92. The second-order valence-corrected chi connectivity index (χ2v) is 5.55. The smallest absolute Gasteiger partial charge is 0.0688 e. The van der Waals surface area contributed by atoms with Crippen molar-refractivity contribution in [1.82, 2.24) is 4.98 Å². The molecule has 0 radical (unpaired) electrons. The van der Waals surface area contributed by atoms with Gasteiger partial charge in [-0.25, -0.2) is 0 Å². The molecule has 0 spiro atoms. The fourth-order valence-electron chi connectivity index (χ4n) is 2.92. The molecule has 3 rings (SSSR count). The Morgan fingerprint density at radius 3 is 2.85 bits per heavy atom. The van der Waals surface area contributed by atoms with E-state index >= 15 is 0 Å². The molecular weight excluding hydrogens is 246 g/mol. The number of hydrogen-bond donors (Lipinski definition) is 1. The van der Waals surface area contributed by atoms with E-state index in [1.807, 2.05) is 12.3 Å². The third-order valence-electron chi connectivity index (χ3n) is 3.91. The number of aryl methyl sites for hydroxylation is 1. The maximum Gasteiger partial charge on any atom is 0.0688 e. The van der Waals surface area contributed by atoms with Gasteiger partial charge in [0.15, 0.2) is 0 Å². The molecule has 1 unspecified atom stereocenters. The van der Waals surface area contributed by atoms with Crippen LogP contribution in [0.25, 0.3) is 0 Å². The summed E-state index contributed by atoms with van der Waals surface area (Å²) in [7, 11) is 4.15. The highest BCUT2D eigenvalue weighted by Crippen LogP contribution is 2.33. The summed E-state index contributed by atoms with van der Waals surface area (Å²) in [6.07, 6.45) is 5.42. The first-order valence-corrected chi connectivity index (χ1v) is 7.22. The molecule has 1 aromatic heterocycles. The van der Waals surface area contributed by atoms with Crippen molar-refractivity contribution >= 4 is 11.4 Å². The highest BCUT2D eigenvalue weighted by atomic mass is 15.1. The average molecular weight is 267 g/mol. The molecule has 2 aromatic rings. The summed E-state index contributed by atoms with van der Waals surface area (Å²) in [6, 6.07) is 13.0. The molecule has 1 aliphatic carbocycles. The van der Waals surface area contributed by atoms with Crippen molar-refractivity contribution in [2.24, 2.45) is 0 Å². The lowest BCUT2D eigenvalue weighted by atomic mass is 9.91. The summed E-state index contributed by atoms with van der Waals surface area (Å²) in [5, 5.41) is 3.68. The summed E-state index contributed by atoms with van der Waals surface area (Å²) in [4.78, 5) is 6.74. The van der Waals surface area contributed by atoms with Crippen LogP contribution in [0.1, 0.15) is 30.1 Å². The quantitative estimate of drug-likeness (QED) is 0.920. The van der Waals surface area contributed by atoms with Crippen LogP contribution in [0.2, 0.25) is 0 Å². The molecule has 3 heteroatoms. The van der Waals surface area contributed by atoms with E-state index in [0.29, 0.717) is 6.04 Å². The second-order valence-electron chi connectivity index (χ2n) is 5.55. The van der Waals surface area contributed by atoms with E-state index in [4.69, 9.17) is 0 Å². The molecule has 3 nitrogen and oxygen atoms in total. The lowest BCUT2D eigenvalue weighted by molar-refractivity contribution is 0.583. The van der Waals surface area contributed by atoms with Crippen LogP contribution in [-0.4, -0.2) is 19.1 Å². The molecule has 0 aliphatic heterocycles. The summed E-state index contributed by atoms with van der Waals surface area (Å²) in [5.74, 6) is 0. The van der Waals surface area contributed by atoms with Gasteiger partial charge in [-0.1, -0.05) is 18.2 Å². The number of hydrogen-bond acceptors (Lipinski definition) is 3. The molecule has 0 bridgehead atoms. The fraction of sp³-hybridized carbons (Fsp3) is 0.353. The first-order valence-electron chi connectivity index (χ1n) is 7.22. The van der Waals surface area contributed by atoms with Crippen LogP contribution in [0.15, 0.2) is 42.6 Å². The molecule has 0 fully saturated rings. The Labute approximate surface area is 120 Å². The van der Waals surface area contributed by atoms with E-state index in [2.05, 4.69) is 59.6 Å². The van der Waals surface area contributed by atoms with Crippen LogP contribution < -0.4 is 10.2 Å². The van der Waals surface area contributed by atoms with Crippen LogP contribution in [0.4, 0.5) is 11.4 Å². The number of para-hydroxylation sites is 2. The summed E-state index contributed by atoms with van der Waals surface area (Å²) >= 11 is 0. The van der Waals surface area contributed by atoms with Gasteiger partial charge in [-0.3, -0.25) is 4.98 Å². The van der Waals surface area contributed by atoms with Gasteiger partial charge < -0.3 is 10.2 Å². The number of nitrogens with one attached hydrogen (secondary N) is 1. The maximum absolute atomic E-state index is 4.60. The van der Waals surface area contributed by atoms with Crippen LogP contribution in [0.5, 0.6) is 0 Å². The molecule has 1 atom stereocenters. The minimum atomic E-state index is 0.320. The zero-order valence-electron chi connectivity index (χ0n) is 12.1. The molecule has 1 aliphatic rings. The minimum Gasteiger partial charge on any atom is -0.376 e. The minimum absolute atomic E-state index is 0.320. The van der Waals surface area contributed by atoms with Crippen LogP contribution in [0, 0.1) is 0 Å². The van der Waals surface area contributed by atoms with Gasteiger partial charge in [0.1, 0.15) is 0 Å². The van der Waals surface area contributed by atoms with Crippen LogP contribution in [0.3, 0.4) is 0 Å². The molecule has 0 saturated heterocycles. The molecule has 20 heavy (non-hydrogen) atoms. The molecular formula is C17H21N3. The molecule has 1 aromatic carbocycles. The summed E-state index contributed by atoms with van der Waals surface area (Å²) in [6.45, 7) is 0. The highest BCUT2D eigenvalue weighted by Gasteiger charge is 2.21. The third-order valence-corrected chi connectivity index (χ3v) is 3.91. The van der Waals surface area contributed by atoms with Gasteiger partial charge in [-0.2, -0.15) is 0 Å². The van der Waals surface area contributed by atoms with Gasteiger partial charge >= 0.3 is 0 Å². The lowest BCUT2D eigenvalue weighted by Crippen LogP contribution is -2.20. The van der Waals surface area contributed by atoms with E-state index in [1.54, 1.807) is 0 Å². The highest BCUT2D eigenvalue weighted by molar-refractivity contribution is 5.70. The number of aromatic nitrogens is 1. The number of anilines is 2. The number of fused-ring (bicyclic) bond motifs is 1. The van der Waals surface area contributed by atoms with E-state index in [-0.39, 0.29) is 0 Å². The van der Waals surface area contributed by atoms with E-state index in [0.717, 1.165) is 12.8 Å². The Bertz CT molecular complexity index is 592. The average Bonchev–Trinajstić information content (AvgIpc) is 2.48. The Hall–Kier alpha value is -2.03. The van der Waals surface area contributed by atoms with Gasteiger partial charge in [-0.05, 0) is 43.0 Å². The van der Waals surface area contributed by atoms with Gasteiger partial charge in [-0.15, -0.1) is 0 Å². The second kappa shape index (κ2) is 5.53. The van der Waals surface area contributed by atoms with Crippen molar-refractivity contribution in [1.29, 1.82) is 0 Å². The van der Waals surface area contributed by atoms with Crippen LogP contribution in [-0.2, 0) is 6.42 Å². The largest absolute Gasteiger partial charge is 0.376 e. The van der Waals surface area contributed by atoms with Gasteiger partial charge in [0.2, 0.25) is 0 Å². The normalized spacial score (nSPS) is 17.4. The van der Waals surface area contributed by atoms with Crippen molar-refractivity contribution in [3.8, 4) is 0 Å². The Morgan fingerprint density at radius 1 is 1.15 bits per heavy atom.